The van der Waals surface area contributed by atoms with Crippen LogP contribution in [0.25, 0.3) is 10.2 Å². The maximum atomic E-state index is 13.1. The molecule has 6 nitrogen and oxygen atoms in total. The second kappa shape index (κ2) is 9.43. The molecule has 170 valence electrons. The maximum Gasteiger partial charge on any atom is 0.257 e. The lowest BCUT2D eigenvalue weighted by Crippen LogP contribution is -2.30. The van der Waals surface area contributed by atoms with Gasteiger partial charge in [-0.05, 0) is 60.9 Å². The molecule has 1 aromatic heterocycles. The van der Waals surface area contributed by atoms with Gasteiger partial charge < -0.3 is 0 Å². The van der Waals surface area contributed by atoms with Crippen molar-refractivity contribution in [2.45, 2.75) is 32.2 Å². The summed E-state index contributed by atoms with van der Waals surface area (Å²) >= 11 is 1.43. The molecule has 33 heavy (non-hydrogen) atoms. The highest BCUT2D eigenvalue weighted by Gasteiger charge is 2.23. The number of nitrogens with zero attached hydrogens (tertiary/aromatic N) is 2. The second-order valence-electron chi connectivity index (χ2n) is 7.84. The third kappa shape index (κ3) is 4.98. The number of hydrogen-bond acceptors (Lipinski definition) is 5. The molecule has 8 heteroatoms. The number of aromatic nitrogens is 1. The van der Waals surface area contributed by atoms with Gasteiger partial charge in [-0.15, -0.1) is 0 Å². The summed E-state index contributed by atoms with van der Waals surface area (Å²) in [7, 11) is -3.69. The van der Waals surface area contributed by atoms with Gasteiger partial charge in [-0.25, -0.2) is 13.4 Å². The minimum absolute atomic E-state index is 0.155. The third-order valence-corrected chi connectivity index (χ3v) is 8.41. The van der Waals surface area contributed by atoms with Gasteiger partial charge in [-0.3, -0.25) is 10.1 Å². The van der Waals surface area contributed by atoms with Gasteiger partial charge in [0.1, 0.15) is 0 Å². The summed E-state index contributed by atoms with van der Waals surface area (Å²) in [5.41, 5.74) is 4.38. The Morgan fingerprint density at radius 2 is 1.73 bits per heavy atom. The number of amides is 1. The fourth-order valence-corrected chi connectivity index (χ4v) is 6.03. The van der Waals surface area contributed by atoms with Crippen LogP contribution in [0, 0.1) is 13.8 Å². The zero-order valence-corrected chi connectivity index (χ0v) is 20.3. The topological polar surface area (TPSA) is 79.4 Å². The molecule has 0 radical (unpaired) electrons. The van der Waals surface area contributed by atoms with Crippen molar-refractivity contribution in [3.63, 3.8) is 0 Å². The van der Waals surface area contributed by atoms with E-state index < -0.39 is 10.0 Å². The molecule has 1 amide bonds. The maximum absolute atomic E-state index is 13.1. The van der Waals surface area contributed by atoms with Gasteiger partial charge in [0, 0.05) is 18.7 Å². The van der Waals surface area contributed by atoms with Crippen LogP contribution in [0.5, 0.6) is 0 Å². The number of carbonyl (C=O) groups excluding carboxylic acids is 1. The van der Waals surface area contributed by atoms with Crippen LogP contribution in [0.2, 0.25) is 0 Å². The standard InChI is InChI=1S/C25H25N3O3S2/c1-4-28(16-19-8-6-5-7-9-19)33(30,31)21-12-10-20(11-13-21)24(29)27-25-26-22-15-17(2)14-18(3)23(22)32-25/h5-15H,4,16H2,1-3H3,(H,26,27,29). The Morgan fingerprint density at radius 3 is 2.39 bits per heavy atom. The third-order valence-electron chi connectivity index (χ3n) is 5.35. The van der Waals surface area contributed by atoms with Gasteiger partial charge >= 0.3 is 0 Å². The van der Waals surface area contributed by atoms with Crippen LogP contribution in [0.1, 0.15) is 34.0 Å². The number of anilines is 1. The fraction of sp³-hybridized carbons (Fsp3) is 0.200. The van der Waals surface area contributed by atoms with Crippen molar-refractivity contribution >= 4 is 42.6 Å². The van der Waals surface area contributed by atoms with E-state index in [1.807, 2.05) is 57.2 Å². The molecule has 0 saturated carbocycles. The van der Waals surface area contributed by atoms with Crippen molar-refractivity contribution in [2.75, 3.05) is 11.9 Å². The first-order valence-electron chi connectivity index (χ1n) is 10.6. The molecule has 0 aliphatic rings. The average Bonchev–Trinajstić information content (AvgIpc) is 3.20. The van der Waals surface area contributed by atoms with E-state index >= 15 is 0 Å². The molecule has 0 spiro atoms. The molecule has 4 rings (SSSR count). The van der Waals surface area contributed by atoms with E-state index in [4.69, 9.17) is 0 Å². The zero-order valence-electron chi connectivity index (χ0n) is 18.7. The van der Waals surface area contributed by atoms with E-state index in [-0.39, 0.29) is 10.8 Å². The lowest BCUT2D eigenvalue weighted by Gasteiger charge is -2.20. The second-order valence-corrected chi connectivity index (χ2v) is 10.8. The van der Waals surface area contributed by atoms with Crippen LogP contribution in [0.3, 0.4) is 0 Å². The summed E-state index contributed by atoms with van der Waals surface area (Å²) in [4.78, 5) is 17.4. The Labute approximate surface area is 198 Å². The van der Waals surface area contributed by atoms with Crippen molar-refractivity contribution < 1.29 is 13.2 Å². The summed E-state index contributed by atoms with van der Waals surface area (Å²) in [6, 6.07) is 19.6. The molecule has 0 atom stereocenters. The summed E-state index contributed by atoms with van der Waals surface area (Å²) < 4.78 is 28.7. The number of carbonyl (C=O) groups is 1. The van der Waals surface area contributed by atoms with Gasteiger partial charge in [-0.2, -0.15) is 4.31 Å². The summed E-state index contributed by atoms with van der Waals surface area (Å²) in [5.74, 6) is -0.330. The van der Waals surface area contributed by atoms with Crippen molar-refractivity contribution in [1.82, 2.24) is 9.29 Å². The highest BCUT2D eigenvalue weighted by atomic mass is 32.2. The largest absolute Gasteiger partial charge is 0.298 e. The van der Waals surface area contributed by atoms with E-state index in [0.717, 1.165) is 26.9 Å². The van der Waals surface area contributed by atoms with E-state index in [9.17, 15) is 13.2 Å². The SMILES string of the molecule is CCN(Cc1ccccc1)S(=O)(=O)c1ccc(C(=O)Nc2nc3cc(C)cc(C)c3s2)cc1. The number of rotatable bonds is 7. The molecule has 0 aliphatic carbocycles. The number of thiazole rings is 1. The normalized spacial score (nSPS) is 11.8. The van der Waals surface area contributed by atoms with Crippen molar-refractivity contribution in [1.29, 1.82) is 0 Å². The predicted octanol–water partition coefficient (Wildman–Crippen LogP) is 5.38. The Kier molecular flexibility index (Phi) is 6.60. The van der Waals surface area contributed by atoms with E-state index in [1.54, 1.807) is 0 Å². The number of benzene rings is 3. The van der Waals surface area contributed by atoms with Crippen LogP contribution in [0.15, 0.2) is 71.6 Å². The molecule has 0 saturated heterocycles. The van der Waals surface area contributed by atoms with Crippen molar-refractivity contribution in [3.8, 4) is 0 Å². The minimum atomic E-state index is -3.69. The Hall–Kier alpha value is -3.07. The van der Waals surface area contributed by atoms with Gasteiger partial charge in [0.25, 0.3) is 5.91 Å². The van der Waals surface area contributed by atoms with Crippen LogP contribution in [-0.2, 0) is 16.6 Å². The molecule has 3 aromatic carbocycles. The number of aryl methyl sites for hydroxylation is 2. The Balaban J connectivity index is 1.51. The molecule has 0 aliphatic heterocycles. The van der Waals surface area contributed by atoms with Crippen molar-refractivity contribution in [2.24, 2.45) is 0 Å². The lowest BCUT2D eigenvalue weighted by molar-refractivity contribution is 0.102. The van der Waals surface area contributed by atoms with Crippen LogP contribution in [-0.4, -0.2) is 30.2 Å². The summed E-state index contributed by atoms with van der Waals surface area (Å²) in [6.45, 7) is 6.48. The summed E-state index contributed by atoms with van der Waals surface area (Å²) in [6.07, 6.45) is 0. The molecule has 1 heterocycles. The molecular weight excluding hydrogens is 454 g/mol. The van der Waals surface area contributed by atoms with Gasteiger partial charge in [-0.1, -0.05) is 54.7 Å². The van der Waals surface area contributed by atoms with E-state index in [1.165, 1.54) is 39.9 Å². The monoisotopic (exact) mass is 479 g/mol. The molecule has 0 unspecified atom stereocenters. The van der Waals surface area contributed by atoms with Crippen LogP contribution >= 0.6 is 11.3 Å². The first-order valence-corrected chi connectivity index (χ1v) is 12.9. The van der Waals surface area contributed by atoms with E-state index in [2.05, 4.69) is 16.4 Å². The highest BCUT2D eigenvalue weighted by molar-refractivity contribution is 7.89. The highest BCUT2D eigenvalue weighted by Crippen LogP contribution is 2.30. The Bertz CT molecular complexity index is 1400. The van der Waals surface area contributed by atoms with Gasteiger partial charge in [0.15, 0.2) is 5.13 Å². The van der Waals surface area contributed by atoms with Crippen LogP contribution < -0.4 is 5.32 Å². The number of nitrogens with one attached hydrogen (secondary N) is 1. The minimum Gasteiger partial charge on any atom is -0.298 e. The molecule has 0 fully saturated rings. The van der Waals surface area contributed by atoms with E-state index in [0.29, 0.717) is 23.8 Å². The van der Waals surface area contributed by atoms with Gasteiger partial charge in [0.2, 0.25) is 10.0 Å². The first kappa shape index (κ1) is 23.1. The molecule has 4 aromatic rings. The average molecular weight is 480 g/mol. The number of sulfonamides is 1. The number of hydrogen-bond donors (Lipinski definition) is 1. The fourth-order valence-electron chi connectivity index (χ4n) is 3.68. The zero-order chi connectivity index (χ0) is 23.6. The Morgan fingerprint density at radius 1 is 1.03 bits per heavy atom. The van der Waals surface area contributed by atoms with Gasteiger partial charge in [0.05, 0.1) is 15.1 Å². The molecular formula is C25H25N3O3S2. The first-order chi connectivity index (χ1) is 15.8. The van der Waals surface area contributed by atoms with Crippen LogP contribution in [0.4, 0.5) is 5.13 Å². The lowest BCUT2D eigenvalue weighted by atomic mass is 10.1. The van der Waals surface area contributed by atoms with Crippen molar-refractivity contribution in [3.05, 3.63) is 89.0 Å². The quantitative estimate of drug-likeness (QED) is 0.386. The summed E-state index contributed by atoms with van der Waals surface area (Å²) in [5, 5.41) is 3.34. The molecule has 1 N–H and O–H groups in total. The molecule has 0 bridgehead atoms. The smallest absolute Gasteiger partial charge is 0.257 e. The number of fused-ring (bicyclic) bond motifs is 1. The predicted molar refractivity (Wildman–Crippen MR) is 133 cm³/mol.